The largest absolute Gasteiger partial charge is 0.294 e. The number of nitro benzene ring substituents is 1. The zero-order valence-corrected chi connectivity index (χ0v) is 10.00. The van der Waals surface area contributed by atoms with Gasteiger partial charge < -0.3 is 0 Å². The number of hydrogen-bond acceptors (Lipinski definition) is 3. The van der Waals surface area contributed by atoms with Crippen LogP contribution in [-0.4, -0.2) is 10.7 Å². The van der Waals surface area contributed by atoms with Crippen molar-refractivity contribution in [2.45, 2.75) is 20.3 Å². The van der Waals surface area contributed by atoms with Crippen molar-refractivity contribution in [3.05, 3.63) is 37.8 Å². The molecule has 0 bridgehead atoms. The molecular weight excluding hydrogens is 262 g/mol. The lowest BCUT2D eigenvalue weighted by Gasteiger charge is -2.04. The van der Waals surface area contributed by atoms with E-state index in [9.17, 15) is 14.9 Å². The normalized spacial score (nSPS) is 10.1. The van der Waals surface area contributed by atoms with E-state index in [0.717, 1.165) is 0 Å². The van der Waals surface area contributed by atoms with Crippen LogP contribution in [0, 0.1) is 17.0 Å². The van der Waals surface area contributed by atoms with Crippen LogP contribution in [-0.2, 0) is 0 Å². The Hall–Kier alpha value is -1.23. The van der Waals surface area contributed by atoms with Crippen molar-refractivity contribution in [1.82, 2.24) is 0 Å². The van der Waals surface area contributed by atoms with Gasteiger partial charge in [-0.2, -0.15) is 0 Å². The Labute approximate surface area is 95.6 Å². The molecule has 0 saturated heterocycles. The average Bonchev–Trinajstić information content (AvgIpc) is 2.16. The summed E-state index contributed by atoms with van der Waals surface area (Å²) in [6.07, 6.45) is 0.332. The molecule has 5 heteroatoms. The first-order chi connectivity index (χ1) is 6.99. The molecule has 0 unspecified atom stereocenters. The third-order valence-corrected chi connectivity index (χ3v) is 2.92. The smallest absolute Gasteiger partial charge is 0.287 e. The molecule has 4 nitrogen and oxygen atoms in total. The van der Waals surface area contributed by atoms with Crippen molar-refractivity contribution in [2.24, 2.45) is 0 Å². The second-order valence-electron chi connectivity index (χ2n) is 3.13. The number of hydrogen-bond donors (Lipinski definition) is 0. The average molecular weight is 272 g/mol. The van der Waals surface area contributed by atoms with Crippen molar-refractivity contribution in [3.63, 3.8) is 0 Å². The van der Waals surface area contributed by atoms with Gasteiger partial charge in [0.1, 0.15) is 4.47 Å². The highest BCUT2D eigenvalue weighted by molar-refractivity contribution is 9.10. The maximum absolute atomic E-state index is 11.5. The molecule has 1 rings (SSSR count). The highest BCUT2D eigenvalue weighted by Crippen LogP contribution is 2.32. The number of nitrogens with zero attached hydrogens (tertiary/aromatic N) is 1. The number of halogens is 1. The Morgan fingerprint density at radius 3 is 2.60 bits per heavy atom. The lowest BCUT2D eigenvalue weighted by molar-refractivity contribution is -0.386. The first kappa shape index (κ1) is 11.8. The van der Waals surface area contributed by atoms with Gasteiger partial charge in [-0.1, -0.05) is 13.0 Å². The standard InChI is InChI=1S/C10H10BrNO3/c1-3-8(13)7-5-4-6(2)10(9(7)11)12(14)15/h4-5H,3H2,1-2H3. The molecule has 80 valence electrons. The quantitative estimate of drug-likeness (QED) is 0.482. The SMILES string of the molecule is CCC(=O)c1ccc(C)c([N+](=O)[O-])c1Br. The summed E-state index contributed by atoms with van der Waals surface area (Å²) in [4.78, 5) is 21.8. The minimum Gasteiger partial charge on any atom is -0.294 e. The van der Waals surface area contributed by atoms with Gasteiger partial charge in [-0.3, -0.25) is 14.9 Å². The second kappa shape index (κ2) is 4.53. The molecule has 0 spiro atoms. The Morgan fingerprint density at radius 1 is 1.53 bits per heavy atom. The van der Waals surface area contributed by atoms with Crippen molar-refractivity contribution in [3.8, 4) is 0 Å². The fourth-order valence-corrected chi connectivity index (χ4v) is 2.10. The zero-order chi connectivity index (χ0) is 11.6. The van der Waals surface area contributed by atoms with Gasteiger partial charge >= 0.3 is 0 Å². The summed E-state index contributed by atoms with van der Waals surface area (Å²) in [7, 11) is 0. The molecule has 0 N–H and O–H groups in total. The van der Waals surface area contributed by atoms with Gasteiger partial charge in [-0.15, -0.1) is 0 Å². The Bertz CT molecular complexity index is 429. The summed E-state index contributed by atoms with van der Waals surface area (Å²) >= 11 is 3.11. The number of aryl methyl sites for hydroxylation is 1. The summed E-state index contributed by atoms with van der Waals surface area (Å²) in [5.41, 5.74) is 0.878. The molecule has 0 aliphatic heterocycles. The van der Waals surface area contributed by atoms with Crippen LogP contribution < -0.4 is 0 Å². The number of Topliss-reactive ketones (excluding diaryl/α,β-unsaturated/α-hetero) is 1. The van der Waals surface area contributed by atoms with E-state index in [0.29, 0.717) is 17.5 Å². The van der Waals surface area contributed by atoms with E-state index in [1.54, 1.807) is 26.0 Å². The fraction of sp³-hybridized carbons (Fsp3) is 0.300. The summed E-state index contributed by atoms with van der Waals surface area (Å²) in [6, 6.07) is 3.20. The van der Waals surface area contributed by atoms with Crippen LogP contribution >= 0.6 is 15.9 Å². The number of nitro groups is 1. The van der Waals surface area contributed by atoms with Crippen LogP contribution in [0.3, 0.4) is 0 Å². The molecular formula is C10H10BrNO3. The number of ketones is 1. The molecule has 15 heavy (non-hydrogen) atoms. The van der Waals surface area contributed by atoms with Gasteiger partial charge in [0, 0.05) is 17.5 Å². The van der Waals surface area contributed by atoms with Crippen molar-refractivity contribution in [1.29, 1.82) is 0 Å². The second-order valence-corrected chi connectivity index (χ2v) is 3.92. The lowest BCUT2D eigenvalue weighted by Crippen LogP contribution is -2.02. The van der Waals surface area contributed by atoms with Crippen molar-refractivity contribution >= 4 is 27.4 Å². The minimum absolute atomic E-state index is 0.0331. The molecule has 0 atom stereocenters. The zero-order valence-electron chi connectivity index (χ0n) is 8.41. The van der Waals surface area contributed by atoms with Gasteiger partial charge in [-0.05, 0) is 28.9 Å². The van der Waals surface area contributed by atoms with E-state index in [-0.39, 0.29) is 15.9 Å². The molecule has 0 amide bonds. The monoisotopic (exact) mass is 271 g/mol. The molecule has 1 aromatic carbocycles. The van der Waals surface area contributed by atoms with Gasteiger partial charge in [-0.25, -0.2) is 0 Å². The van der Waals surface area contributed by atoms with E-state index in [1.165, 1.54) is 0 Å². The highest BCUT2D eigenvalue weighted by Gasteiger charge is 2.21. The molecule has 1 aromatic rings. The molecule has 0 fully saturated rings. The first-order valence-corrected chi connectivity index (χ1v) is 5.25. The van der Waals surface area contributed by atoms with E-state index in [1.807, 2.05) is 0 Å². The fourth-order valence-electron chi connectivity index (χ4n) is 1.29. The van der Waals surface area contributed by atoms with Gasteiger partial charge in [0.15, 0.2) is 5.78 Å². The van der Waals surface area contributed by atoms with E-state index >= 15 is 0 Å². The number of rotatable bonds is 3. The summed E-state index contributed by atoms with van der Waals surface area (Å²) in [6.45, 7) is 3.36. The first-order valence-electron chi connectivity index (χ1n) is 4.45. The van der Waals surface area contributed by atoms with Crippen LogP contribution in [0.2, 0.25) is 0 Å². The summed E-state index contributed by atoms with van der Waals surface area (Å²) in [5.74, 6) is -0.107. The molecule has 0 aliphatic carbocycles. The number of carbonyl (C=O) groups is 1. The van der Waals surface area contributed by atoms with Gasteiger partial charge in [0.05, 0.1) is 4.92 Å². The number of carbonyl (C=O) groups excluding carboxylic acids is 1. The predicted octanol–water partition coefficient (Wildman–Crippen LogP) is 3.26. The van der Waals surface area contributed by atoms with Crippen molar-refractivity contribution < 1.29 is 9.72 Å². The maximum atomic E-state index is 11.5. The molecule has 0 heterocycles. The lowest BCUT2D eigenvalue weighted by atomic mass is 10.1. The highest BCUT2D eigenvalue weighted by atomic mass is 79.9. The van der Waals surface area contributed by atoms with E-state index in [4.69, 9.17) is 0 Å². The molecule has 0 aromatic heterocycles. The number of benzene rings is 1. The van der Waals surface area contributed by atoms with Crippen LogP contribution in [0.15, 0.2) is 16.6 Å². The third-order valence-electron chi connectivity index (χ3n) is 2.12. The van der Waals surface area contributed by atoms with E-state index < -0.39 is 4.92 Å². The van der Waals surface area contributed by atoms with Crippen LogP contribution in [0.4, 0.5) is 5.69 Å². The van der Waals surface area contributed by atoms with Crippen molar-refractivity contribution in [2.75, 3.05) is 0 Å². The van der Waals surface area contributed by atoms with Gasteiger partial charge in [0.25, 0.3) is 5.69 Å². The van der Waals surface area contributed by atoms with Crippen LogP contribution in [0.1, 0.15) is 29.3 Å². The van der Waals surface area contributed by atoms with Crippen LogP contribution in [0.5, 0.6) is 0 Å². The summed E-state index contributed by atoms with van der Waals surface area (Å²) in [5, 5.41) is 10.8. The minimum atomic E-state index is -0.480. The molecule has 0 saturated carbocycles. The molecule has 0 radical (unpaired) electrons. The Kier molecular flexibility index (Phi) is 3.57. The summed E-state index contributed by atoms with van der Waals surface area (Å²) < 4.78 is 0.277. The Morgan fingerprint density at radius 2 is 2.13 bits per heavy atom. The van der Waals surface area contributed by atoms with E-state index in [2.05, 4.69) is 15.9 Å². The topological polar surface area (TPSA) is 60.2 Å². The Balaban J connectivity index is 3.41. The predicted molar refractivity (Wildman–Crippen MR) is 60.2 cm³/mol. The third kappa shape index (κ3) is 2.23. The van der Waals surface area contributed by atoms with Gasteiger partial charge in [0.2, 0.25) is 0 Å². The van der Waals surface area contributed by atoms with Crippen LogP contribution in [0.25, 0.3) is 0 Å². The molecule has 0 aliphatic rings. The maximum Gasteiger partial charge on any atom is 0.287 e.